The topological polar surface area (TPSA) is 105 Å². The molecule has 0 unspecified atom stereocenters. The molecule has 2 fully saturated rings. The van der Waals surface area contributed by atoms with E-state index in [0.717, 1.165) is 29.3 Å². The van der Waals surface area contributed by atoms with Crippen molar-refractivity contribution >= 4 is 21.8 Å². The normalized spacial score (nSPS) is 18.3. The highest BCUT2D eigenvalue weighted by atomic mass is 32.2. The minimum absolute atomic E-state index is 0.0301. The number of morpholine rings is 1. The van der Waals surface area contributed by atoms with Gasteiger partial charge < -0.3 is 15.4 Å². The maximum Gasteiger partial charge on any atom is 0.251 e. The van der Waals surface area contributed by atoms with Gasteiger partial charge in [-0.1, -0.05) is 0 Å². The van der Waals surface area contributed by atoms with Crippen LogP contribution in [0.4, 0.5) is 4.39 Å². The maximum absolute atomic E-state index is 14.1. The van der Waals surface area contributed by atoms with E-state index in [1.165, 1.54) is 6.07 Å². The van der Waals surface area contributed by atoms with Gasteiger partial charge >= 0.3 is 0 Å². The molecular formula is C16H20FN3O5S. The van der Waals surface area contributed by atoms with Crippen molar-refractivity contribution in [2.24, 2.45) is 0 Å². The minimum Gasteiger partial charge on any atom is -0.379 e. The summed E-state index contributed by atoms with van der Waals surface area (Å²) in [5, 5.41) is 5.13. The molecule has 0 atom stereocenters. The number of rotatable bonds is 6. The minimum atomic E-state index is -4.07. The molecule has 3 rings (SSSR count). The van der Waals surface area contributed by atoms with Crippen LogP contribution in [0.5, 0.6) is 0 Å². The van der Waals surface area contributed by atoms with E-state index in [-0.39, 0.29) is 50.4 Å². The van der Waals surface area contributed by atoms with E-state index in [4.69, 9.17) is 4.74 Å². The van der Waals surface area contributed by atoms with Gasteiger partial charge in [0.1, 0.15) is 10.7 Å². The molecule has 0 bridgehead atoms. The highest BCUT2D eigenvalue weighted by molar-refractivity contribution is 7.89. The van der Waals surface area contributed by atoms with E-state index >= 15 is 0 Å². The van der Waals surface area contributed by atoms with Crippen LogP contribution in [-0.2, 0) is 19.6 Å². The van der Waals surface area contributed by atoms with Gasteiger partial charge in [0.25, 0.3) is 5.91 Å². The van der Waals surface area contributed by atoms with Crippen molar-refractivity contribution < 1.29 is 27.1 Å². The Kier molecular flexibility index (Phi) is 5.54. The Morgan fingerprint density at radius 2 is 1.92 bits per heavy atom. The first-order chi connectivity index (χ1) is 12.4. The van der Waals surface area contributed by atoms with Crippen LogP contribution in [0, 0.1) is 5.82 Å². The molecule has 2 aliphatic rings. The zero-order chi connectivity index (χ0) is 18.7. The smallest absolute Gasteiger partial charge is 0.251 e. The van der Waals surface area contributed by atoms with Crippen molar-refractivity contribution in [3.05, 3.63) is 29.6 Å². The first-order valence-electron chi connectivity index (χ1n) is 8.33. The molecule has 0 aromatic heterocycles. The number of sulfonamides is 1. The van der Waals surface area contributed by atoms with E-state index in [1.807, 2.05) is 0 Å². The summed E-state index contributed by atoms with van der Waals surface area (Å²) in [6, 6.07) is 3.29. The molecule has 1 aromatic rings. The second kappa shape index (κ2) is 7.68. The average molecular weight is 385 g/mol. The summed E-state index contributed by atoms with van der Waals surface area (Å²) >= 11 is 0. The van der Waals surface area contributed by atoms with Crippen LogP contribution < -0.4 is 10.6 Å². The number of carbonyl (C=O) groups is 2. The van der Waals surface area contributed by atoms with Gasteiger partial charge in [-0.3, -0.25) is 9.59 Å². The first-order valence-corrected chi connectivity index (χ1v) is 9.77. The Bertz CT molecular complexity index is 804. The Balaban J connectivity index is 1.71. The third-order valence-electron chi connectivity index (χ3n) is 4.13. The van der Waals surface area contributed by atoms with E-state index in [9.17, 15) is 22.4 Å². The molecule has 1 saturated heterocycles. The molecule has 1 aliphatic heterocycles. The maximum atomic E-state index is 14.1. The van der Waals surface area contributed by atoms with Crippen LogP contribution in [0.15, 0.2) is 23.1 Å². The number of ether oxygens (including phenoxy) is 1. The van der Waals surface area contributed by atoms with Crippen LogP contribution in [0.3, 0.4) is 0 Å². The van der Waals surface area contributed by atoms with Crippen LogP contribution >= 0.6 is 0 Å². The van der Waals surface area contributed by atoms with Crippen molar-refractivity contribution in [1.29, 1.82) is 0 Å². The summed E-state index contributed by atoms with van der Waals surface area (Å²) < 4.78 is 45.6. The molecule has 8 nitrogen and oxygen atoms in total. The highest BCUT2D eigenvalue weighted by Crippen LogP contribution is 2.22. The van der Waals surface area contributed by atoms with Crippen molar-refractivity contribution in [3.8, 4) is 0 Å². The summed E-state index contributed by atoms with van der Waals surface area (Å²) in [5.74, 6) is -1.89. The number of benzene rings is 1. The summed E-state index contributed by atoms with van der Waals surface area (Å²) in [5.41, 5.74) is -0.0301. The summed E-state index contributed by atoms with van der Waals surface area (Å²) in [6.07, 6.45) is 1.86. The van der Waals surface area contributed by atoms with Gasteiger partial charge in [-0.2, -0.15) is 4.31 Å². The number of amides is 2. The third kappa shape index (κ3) is 4.37. The lowest BCUT2D eigenvalue weighted by Gasteiger charge is -2.26. The van der Waals surface area contributed by atoms with Crippen LogP contribution in [0.2, 0.25) is 0 Å². The average Bonchev–Trinajstić information content (AvgIpc) is 3.44. The Labute approximate surface area is 150 Å². The zero-order valence-electron chi connectivity index (χ0n) is 14.0. The lowest BCUT2D eigenvalue weighted by Crippen LogP contribution is -2.41. The van der Waals surface area contributed by atoms with Crippen molar-refractivity contribution in [3.63, 3.8) is 0 Å². The summed E-state index contributed by atoms with van der Waals surface area (Å²) in [6.45, 7) is 0.492. The van der Waals surface area contributed by atoms with E-state index in [0.29, 0.717) is 0 Å². The van der Waals surface area contributed by atoms with Crippen LogP contribution in [0.1, 0.15) is 23.2 Å². The van der Waals surface area contributed by atoms with Gasteiger partial charge in [0.15, 0.2) is 0 Å². The van der Waals surface area contributed by atoms with Gasteiger partial charge in [0, 0.05) is 24.7 Å². The third-order valence-corrected chi connectivity index (χ3v) is 6.05. The molecule has 1 heterocycles. The molecule has 142 valence electrons. The SMILES string of the molecule is O=C(CNC(=O)c1ccc(F)c(S(=O)(=O)N2CCOCC2)c1)NC1CC1. The number of carbonyl (C=O) groups excluding carboxylic acids is 2. The molecule has 10 heteroatoms. The summed E-state index contributed by atoms with van der Waals surface area (Å²) in [7, 11) is -4.07. The lowest BCUT2D eigenvalue weighted by atomic mass is 10.2. The van der Waals surface area contributed by atoms with Crippen molar-refractivity contribution in [1.82, 2.24) is 14.9 Å². The molecule has 1 aliphatic carbocycles. The predicted molar refractivity (Wildman–Crippen MR) is 89.5 cm³/mol. The fourth-order valence-electron chi connectivity index (χ4n) is 2.54. The fourth-order valence-corrected chi connectivity index (χ4v) is 4.04. The quantitative estimate of drug-likeness (QED) is 0.709. The zero-order valence-corrected chi connectivity index (χ0v) is 14.9. The number of hydrogen-bond acceptors (Lipinski definition) is 5. The van der Waals surface area contributed by atoms with Gasteiger partial charge in [0.2, 0.25) is 15.9 Å². The second-order valence-electron chi connectivity index (χ2n) is 6.19. The van der Waals surface area contributed by atoms with E-state index in [1.54, 1.807) is 0 Å². The molecule has 1 aromatic carbocycles. The lowest BCUT2D eigenvalue weighted by molar-refractivity contribution is -0.120. The largest absolute Gasteiger partial charge is 0.379 e. The monoisotopic (exact) mass is 385 g/mol. The Hall–Kier alpha value is -2.04. The second-order valence-corrected chi connectivity index (χ2v) is 8.09. The molecular weight excluding hydrogens is 365 g/mol. The first kappa shape index (κ1) is 18.7. The van der Waals surface area contributed by atoms with Gasteiger partial charge in [-0.25, -0.2) is 12.8 Å². The van der Waals surface area contributed by atoms with E-state index < -0.39 is 26.6 Å². The van der Waals surface area contributed by atoms with E-state index in [2.05, 4.69) is 10.6 Å². The molecule has 2 N–H and O–H groups in total. The predicted octanol–water partition coefficient (Wildman–Crippen LogP) is -0.145. The summed E-state index contributed by atoms with van der Waals surface area (Å²) in [4.78, 5) is 23.2. The number of hydrogen-bond donors (Lipinski definition) is 2. The Morgan fingerprint density at radius 3 is 2.58 bits per heavy atom. The Morgan fingerprint density at radius 1 is 1.23 bits per heavy atom. The van der Waals surface area contributed by atoms with Crippen molar-refractivity contribution in [2.45, 2.75) is 23.8 Å². The molecule has 26 heavy (non-hydrogen) atoms. The molecule has 1 saturated carbocycles. The molecule has 2 amide bonds. The van der Waals surface area contributed by atoms with Crippen LogP contribution in [-0.4, -0.2) is 63.4 Å². The standard InChI is InChI=1S/C16H20FN3O5S/c17-13-4-1-11(16(22)18-10-15(21)19-12-2-3-12)9-14(13)26(23,24)20-5-7-25-8-6-20/h1,4,9,12H,2-3,5-8,10H2,(H,18,22)(H,19,21). The number of halogens is 1. The number of nitrogens with zero attached hydrogens (tertiary/aromatic N) is 1. The van der Waals surface area contributed by atoms with Gasteiger partial charge in [0.05, 0.1) is 19.8 Å². The molecule has 0 spiro atoms. The highest BCUT2D eigenvalue weighted by Gasteiger charge is 2.30. The van der Waals surface area contributed by atoms with Crippen molar-refractivity contribution in [2.75, 3.05) is 32.8 Å². The van der Waals surface area contributed by atoms with Gasteiger partial charge in [-0.15, -0.1) is 0 Å². The van der Waals surface area contributed by atoms with Gasteiger partial charge in [-0.05, 0) is 31.0 Å². The van der Waals surface area contributed by atoms with Crippen LogP contribution in [0.25, 0.3) is 0 Å². The molecule has 0 radical (unpaired) electrons. The fraction of sp³-hybridized carbons (Fsp3) is 0.500. The number of nitrogens with one attached hydrogen (secondary N) is 2.